The third kappa shape index (κ3) is 3.50. The Morgan fingerprint density at radius 2 is 1.64 bits per heavy atom. The van der Waals surface area contributed by atoms with Crippen molar-refractivity contribution in [2.75, 3.05) is 25.0 Å². The molecule has 2 unspecified atom stereocenters. The smallest absolute Gasteiger partial charge is 0.225 e. The lowest BCUT2D eigenvalue weighted by Crippen LogP contribution is -2.53. The lowest BCUT2D eigenvalue weighted by molar-refractivity contribution is -0.119. The number of likely N-dealkylation sites (tertiary alicyclic amines) is 1. The predicted molar refractivity (Wildman–Crippen MR) is 97.6 cm³/mol. The first-order valence-corrected chi connectivity index (χ1v) is 9.66. The number of nitrogens with zero attached hydrogens (tertiary/aromatic N) is 4. The Morgan fingerprint density at radius 1 is 1.04 bits per heavy atom. The van der Waals surface area contributed by atoms with Gasteiger partial charge in [-0.05, 0) is 57.1 Å². The summed E-state index contributed by atoms with van der Waals surface area (Å²) in [5.74, 6) is 1.53. The summed E-state index contributed by atoms with van der Waals surface area (Å²) in [6.45, 7) is 3.84. The molecule has 3 aliphatic rings. The monoisotopic (exact) mass is 343 g/mol. The quantitative estimate of drug-likeness (QED) is 0.908. The van der Waals surface area contributed by atoms with Gasteiger partial charge in [0.15, 0.2) is 0 Å². The van der Waals surface area contributed by atoms with E-state index in [1.807, 2.05) is 12.4 Å². The summed E-state index contributed by atoms with van der Waals surface area (Å²) >= 11 is 0. The van der Waals surface area contributed by atoms with Crippen LogP contribution in [-0.4, -0.2) is 59.0 Å². The standard InChI is InChI=1S/C19H29N5O/c1-13(25)22-16-5-3-14(4-6-16)15-9-20-19(21-10-15)24-17-7-8-18(24)12-23(2)11-17/h9-10,14,16-18H,3-8,11-12H2,1-2H3,(H,22,25). The predicted octanol–water partition coefficient (Wildman–Crippen LogP) is 1.92. The lowest BCUT2D eigenvalue weighted by Gasteiger charge is -2.39. The number of hydrogen-bond donors (Lipinski definition) is 1. The van der Waals surface area contributed by atoms with Crippen molar-refractivity contribution in [3.05, 3.63) is 18.0 Å². The third-order valence-corrected chi connectivity index (χ3v) is 6.16. The lowest BCUT2D eigenvalue weighted by atomic mass is 9.83. The summed E-state index contributed by atoms with van der Waals surface area (Å²) < 4.78 is 0. The van der Waals surface area contributed by atoms with Gasteiger partial charge in [-0.2, -0.15) is 0 Å². The van der Waals surface area contributed by atoms with Crippen molar-refractivity contribution in [2.24, 2.45) is 0 Å². The van der Waals surface area contributed by atoms with Crippen LogP contribution in [0.5, 0.6) is 0 Å². The van der Waals surface area contributed by atoms with E-state index in [9.17, 15) is 4.79 Å². The number of piperazine rings is 1. The van der Waals surface area contributed by atoms with E-state index in [-0.39, 0.29) is 5.91 Å². The number of nitrogens with one attached hydrogen (secondary N) is 1. The van der Waals surface area contributed by atoms with Crippen molar-refractivity contribution < 1.29 is 4.79 Å². The summed E-state index contributed by atoms with van der Waals surface area (Å²) in [7, 11) is 2.21. The molecule has 6 heteroatoms. The Balaban J connectivity index is 1.39. The number of carbonyl (C=O) groups excluding carboxylic acids is 1. The number of hydrogen-bond acceptors (Lipinski definition) is 5. The van der Waals surface area contributed by atoms with E-state index in [1.165, 1.54) is 18.4 Å². The van der Waals surface area contributed by atoms with Crippen molar-refractivity contribution in [2.45, 2.75) is 69.5 Å². The first kappa shape index (κ1) is 16.8. The van der Waals surface area contributed by atoms with Gasteiger partial charge in [-0.15, -0.1) is 0 Å². The molecule has 6 nitrogen and oxygen atoms in total. The molecule has 1 amide bonds. The zero-order chi connectivity index (χ0) is 17.4. The van der Waals surface area contributed by atoms with Crippen LogP contribution in [0, 0.1) is 0 Å². The Kier molecular flexibility index (Phi) is 4.63. The Morgan fingerprint density at radius 3 is 2.20 bits per heavy atom. The second-order valence-corrected chi connectivity index (χ2v) is 8.08. The maximum Gasteiger partial charge on any atom is 0.225 e. The maximum atomic E-state index is 11.2. The molecule has 0 spiro atoms. The second kappa shape index (κ2) is 6.90. The van der Waals surface area contributed by atoms with Crippen molar-refractivity contribution in [3.8, 4) is 0 Å². The molecule has 3 fully saturated rings. The summed E-state index contributed by atoms with van der Waals surface area (Å²) in [5.41, 5.74) is 1.26. The van der Waals surface area contributed by atoms with Crippen molar-refractivity contribution in [1.29, 1.82) is 0 Å². The molecule has 1 aromatic heterocycles. The highest BCUT2D eigenvalue weighted by Gasteiger charge is 2.40. The number of rotatable bonds is 3. The van der Waals surface area contributed by atoms with E-state index in [2.05, 4.69) is 22.2 Å². The normalized spacial score (nSPS) is 32.6. The Labute approximate surface area is 150 Å². The van der Waals surface area contributed by atoms with Crippen LogP contribution in [0.2, 0.25) is 0 Å². The third-order valence-electron chi connectivity index (χ3n) is 6.16. The molecule has 4 rings (SSSR count). The van der Waals surface area contributed by atoms with Crippen LogP contribution in [0.15, 0.2) is 12.4 Å². The second-order valence-electron chi connectivity index (χ2n) is 8.08. The van der Waals surface area contributed by atoms with Gasteiger partial charge in [0, 0.05) is 50.5 Å². The van der Waals surface area contributed by atoms with Gasteiger partial charge < -0.3 is 15.1 Å². The fourth-order valence-electron chi connectivity index (χ4n) is 4.97. The van der Waals surface area contributed by atoms with Gasteiger partial charge in [-0.1, -0.05) is 0 Å². The number of carbonyl (C=O) groups is 1. The highest BCUT2D eigenvalue weighted by molar-refractivity contribution is 5.73. The average Bonchev–Trinajstić information content (AvgIpc) is 2.87. The highest BCUT2D eigenvalue weighted by atomic mass is 16.1. The van der Waals surface area contributed by atoms with Gasteiger partial charge in [0.25, 0.3) is 0 Å². The minimum Gasteiger partial charge on any atom is -0.354 e. The molecule has 2 aliphatic heterocycles. The molecule has 2 bridgehead atoms. The zero-order valence-corrected chi connectivity index (χ0v) is 15.3. The fourth-order valence-corrected chi connectivity index (χ4v) is 4.97. The molecule has 1 saturated carbocycles. The number of aromatic nitrogens is 2. The van der Waals surface area contributed by atoms with Crippen molar-refractivity contribution >= 4 is 11.9 Å². The minimum atomic E-state index is 0.0814. The molecule has 25 heavy (non-hydrogen) atoms. The topological polar surface area (TPSA) is 61.4 Å². The molecule has 1 aromatic rings. The van der Waals surface area contributed by atoms with E-state index < -0.39 is 0 Å². The Bertz CT molecular complexity index is 597. The summed E-state index contributed by atoms with van der Waals surface area (Å²) in [4.78, 5) is 25.6. The molecule has 1 N–H and O–H groups in total. The number of fused-ring (bicyclic) bond motifs is 2. The summed E-state index contributed by atoms with van der Waals surface area (Å²) in [6, 6.07) is 1.49. The van der Waals surface area contributed by atoms with Gasteiger partial charge >= 0.3 is 0 Å². The summed E-state index contributed by atoms with van der Waals surface area (Å²) in [5, 5.41) is 3.05. The van der Waals surface area contributed by atoms with Crippen LogP contribution < -0.4 is 10.2 Å². The molecule has 136 valence electrons. The van der Waals surface area contributed by atoms with Gasteiger partial charge in [-0.25, -0.2) is 9.97 Å². The van der Waals surface area contributed by atoms with Crippen LogP contribution in [0.25, 0.3) is 0 Å². The van der Waals surface area contributed by atoms with E-state index in [0.29, 0.717) is 24.0 Å². The maximum absolute atomic E-state index is 11.2. The SMILES string of the molecule is CC(=O)NC1CCC(c2cnc(N3C4CCC3CN(C)C4)nc2)CC1. The Hall–Kier alpha value is -1.69. The fraction of sp³-hybridized carbons (Fsp3) is 0.737. The van der Waals surface area contributed by atoms with Crippen LogP contribution in [0.4, 0.5) is 5.95 Å². The molecule has 1 aliphatic carbocycles. The highest BCUT2D eigenvalue weighted by Crippen LogP contribution is 2.35. The first-order chi connectivity index (χ1) is 12.1. The van der Waals surface area contributed by atoms with E-state index in [4.69, 9.17) is 9.97 Å². The van der Waals surface area contributed by atoms with Crippen LogP contribution in [-0.2, 0) is 4.79 Å². The van der Waals surface area contributed by atoms with E-state index in [1.54, 1.807) is 6.92 Å². The number of amides is 1. The average molecular weight is 343 g/mol. The van der Waals surface area contributed by atoms with Gasteiger partial charge in [0.2, 0.25) is 11.9 Å². The van der Waals surface area contributed by atoms with Crippen molar-refractivity contribution in [3.63, 3.8) is 0 Å². The zero-order valence-electron chi connectivity index (χ0n) is 15.3. The molecule has 0 aromatic carbocycles. The van der Waals surface area contributed by atoms with Crippen LogP contribution in [0.3, 0.4) is 0 Å². The molecular formula is C19H29N5O. The first-order valence-electron chi connectivity index (χ1n) is 9.66. The van der Waals surface area contributed by atoms with Crippen molar-refractivity contribution in [1.82, 2.24) is 20.2 Å². The van der Waals surface area contributed by atoms with E-state index in [0.717, 1.165) is 44.7 Å². The van der Waals surface area contributed by atoms with Gasteiger partial charge in [0.05, 0.1) is 0 Å². The molecular weight excluding hydrogens is 314 g/mol. The number of anilines is 1. The van der Waals surface area contributed by atoms with Crippen LogP contribution >= 0.6 is 0 Å². The minimum absolute atomic E-state index is 0.0814. The summed E-state index contributed by atoms with van der Waals surface area (Å²) in [6.07, 6.45) is 10.9. The molecule has 0 radical (unpaired) electrons. The number of likely N-dealkylation sites (N-methyl/N-ethyl adjacent to an activating group) is 1. The van der Waals surface area contributed by atoms with E-state index >= 15 is 0 Å². The van der Waals surface area contributed by atoms with Gasteiger partial charge in [-0.3, -0.25) is 4.79 Å². The molecule has 2 atom stereocenters. The van der Waals surface area contributed by atoms with Gasteiger partial charge in [0.1, 0.15) is 0 Å². The molecule has 2 saturated heterocycles. The largest absolute Gasteiger partial charge is 0.354 e. The molecule has 3 heterocycles. The van der Waals surface area contributed by atoms with Crippen LogP contribution in [0.1, 0.15) is 56.9 Å².